The van der Waals surface area contributed by atoms with Gasteiger partial charge in [-0.25, -0.2) is 0 Å². The van der Waals surface area contributed by atoms with Crippen molar-refractivity contribution in [1.82, 2.24) is 5.32 Å². The van der Waals surface area contributed by atoms with E-state index < -0.39 is 11.4 Å². The van der Waals surface area contributed by atoms with Crippen molar-refractivity contribution in [1.29, 1.82) is 0 Å². The summed E-state index contributed by atoms with van der Waals surface area (Å²) in [6.45, 7) is 4.28. The summed E-state index contributed by atoms with van der Waals surface area (Å²) in [6, 6.07) is 9.88. The molecular weight excluding hydrogens is 254 g/mol. The lowest BCUT2D eigenvalue weighted by Gasteiger charge is -2.25. The monoisotopic (exact) mass is 275 g/mol. The molecule has 2 rings (SSSR count). The summed E-state index contributed by atoms with van der Waals surface area (Å²) >= 11 is 0. The average Bonchev–Trinajstić information content (AvgIpc) is 3.18. The molecule has 0 unspecified atom stereocenters. The van der Waals surface area contributed by atoms with E-state index in [1.54, 1.807) is 0 Å². The van der Waals surface area contributed by atoms with Gasteiger partial charge in [0.1, 0.15) is 0 Å². The fraction of sp³-hybridized carbons (Fsp3) is 0.500. The third-order valence-electron chi connectivity index (χ3n) is 4.09. The van der Waals surface area contributed by atoms with Crippen molar-refractivity contribution in [3.05, 3.63) is 35.9 Å². The van der Waals surface area contributed by atoms with Gasteiger partial charge in [-0.2, -0.15) is 0 Å². The van der Waals surface area contributed by atoms with Crippen molar-refractivity contribution in [2.75, 3.05) is 6.54 Å². The number of aliphatic carboxylic acids is 1. The largest absolute Gasteiger partial charge is 0.481 e. The highest BCUT2D eigenvalue weighted by Gasteiger charge is 2.50. The van der Waals surface area contributed by atoms with Crippen LogP contribution in [0.25, 0.3) is 0 Å². The molecule has 0 spiro atoms. The maximum atomic E-state index is 12.0. The maximum Gasteiger partial charge on any atom is 0.311 e. The van der Waals surface area contributed by atoms with Crippen LogP contribution in [-0.2, 0) is 15.0 Å². The number of rotatable bonds is 6. The molecule has 1 saturated carbocycles. The summed E-state index contributed by atoms with van der Waals surface area (Å²) in [5, 5.41) is 11.8. The molecular formula is C16H21NO3. The van der Waals surface area contributed by atoms with Gasteiger partial charge in [-0.05, 0) is 23.8 Å². The van der Waals surface area contributed by atoms with Crippen LogP contribution in [0, 0.1) is 5.41 Å². The highest BCUT2D eigenvalue weighted by molar-refractivity contribution is 5.81. The summed E-state index contributed by atoms with van der Waals surface area (Å²) < 4.78 is 0. The molecule has 2 N–H and O–H groups in total. The van der Waals surface area contributed by atoms with Crippen LogP contribution in [0.3, 0.4) is 0 Å². The standard InChI is InChI=1S/C16H21NO3/c1-15(2,12-6-4-3-5-7-12)10-13(18)17-11-16(8-9-16)14(19)20/h3-7H,8-11H2,1-2H3,(H,17,18)(H,19,20). The van der Waals surface area contributed by atoms with Gasteiger partial charge in [0.2, 0.25) is 5.91 Å². The van der Waals surface area contributed by atoms with Gasteiger partial charge in [0.15, 0.2) is 0 Å². The van der Waals surface area contributed by atoms with Crippen LogP contribution in [0.5, 0.6) is 0 Å². The number of carbonyl (C=O) groups excluding carboxylic acids is 1. The third-order valence-corrected chi connectivity index (χ3v) is 4.09. The molecule has 1 aromatic carbocycles. The van der Waals surface area contributed by atoms with E-state index in [0.717, 1.165) is 5.56 Å². The maximum absolute atomic E-state index is 12.0. The molecule has 0 heterocycles. The van der Waals surface area contributed by atoms with Crippen molar-refractivity contribution >= 4 is 11.9 Å². The minimum absolute atomic E-state index is 0.0913. The van der Waals surface area contributed by atoms with E-state index in [1.807, 2.05) is 44.2 Å². The molecule has 4 nitrogen and oxygen atoms in total. The SMILES string of the molecule is CC(C)(CC(=O)NCC1(C(=O)O)CC1)c1ccccc1. The Morgan fingerprint density at radius 3 is 2.35 bits per heavy atom. The third kappa shape index (κ3) is 3.18. The molecule has 1 amide bonds. The first-order chi connectivity index (χ1) is 9.36. The fourth-order valence-corrected chi connectivity index (χ4v) is 2.34. The van der Waals surface area contributed by atoms with E-state index in [4.69, 9.17) is 5.11 Å². The summed E-state index contributed by atoms with van der Waals surface area (Å²) in [6.07, 6.45) is 1.67. The lowest BCUT2D eigenvalue weighted by Crippen LogP contribution is -2.37. The Labute approximate surface area is 119 Å². The summed E-state index contributed by atoms with van der Waals surface area (Å²) in [5.74, 6) is -0.897. The van der Waals surface area contributed by atoms with Gasteiger partial charge in [0.25, 0.3) is 0 Å². The van der Waals surface area contributed by atoms with Gasteiger partial charge in [0.05, 0.1) is 5.41 Å². The van der Waals surface area contributed by atoms with Crippen molar-refractivity contribution < 1.29 is 14.7 Å². The molecule has 0 aliphatic heterocycles. The van der Waals surface area contributed by atoms with E-state index in [9.17, 15) is 9.59 Å². The van der Waals surface area contributed by atoms with Crippen molar-refractivity contribution in [3.8, 4) is 0 Å². The molecule has 0 atom stereocenters. The molecule has 20 heavy (non-hydrogen) atoms. The number of carboxylic acid groups (broad SMARTS) is 1. The topological polar surface area (TPSA) is 66.4 Å². The Kier molecular flexibility index (Phi) is 3.84. The van der Waals surface area contributed by atoms with Crippen molar-refractivity contribution in [2.24, 2.45) is 5.41 Å². The zero-order valence-corrected chi connectivity index (χ0v) is 12.0. The van der Waals surface area contributed by atoms with Crippen LogP contribution in [0.4, 0.5) is 0 Å². The minimum atomic E-state index is -0.805. The number of nitrogens with one attached hydrogen (secondary N) is 1. The Bertz CT molecular complexity index is 504. The normalized spacial score (nSPS) is 16.5. The second-order valence-electron chi connectivity index (χ2n) is 6.29. The Balaban J connectivity index is 1.90. The van der Waals surface area contributed by atoms with Crippen LogP contribution in [0.1, 0.15) is 38.7 Å². The first-order valence-corrected chi connectivity index (χ1v) is 6.91. The van der Waals surface area contributed by atoms with E-state index >= 15 is 0 Å². The smallest absolute Gasteiger partial charge is 0.311 e. The number of benzene rings is 1. The van der Waals surface area contributed by atoms with Gasteiger partial charge in [-0.1, -0.05) is 44.2 Å². The molecule has 0 bridgehead atoms. The predicted molar refractivity (Wildman–Crippen MR) is 76.4 cm³/mol. The quantitative estimate of drug-likeness (QED) is 0.837. The van der Waals surface area contributed by atoms with Crippen LogP contribution in [0.2, 0.25) is 0 Å². The molecule has 108 valence electrons. The molecule has 1 fully saturated rings. The van der Waals surface area contributed by atoms with E-state index in [0.29, 0.717) is 19.3 Å². The molecule has 4 heteroatoms. The lowest BCUT2D eigenvalue weighted by molar-refractivity contribution is -0.143. The molecule has 1 aliphatic carbocycles. The molecule has 0 radical (unpaired) electrons. The Morgan fingerprint density at radius 1 is 1.25 bits per heavy atom. The molecule has 0 saturated heterocycles. The lowest BCUT2D eigenvalue weighted by atomic mass is 9.81. The summed E-state index contributed by atoms with van der Waals surface area (Å²) in [5.41, 5.74) is 0.146. The van der Waals surface area contributed by atoms with E-state index in [1.165, 1.54) is 0 Å². The van der Waals surface area contributed by atoms with Gasteiger partial charge in [-0.15, -0.1) is 0 Å². The second-order valence-corrected chi connectivity index (χ2v) is 6.29. The highest BCUT2D eigenvalue weighted by Crippen LogP contribution is 2.45. The van der Waals surface area contributed by atoms with Gasteiger partial charge >= 0.3 is 5.97 Å². The number of hydrogen-bond donors (Lipinski definition) is 2. The Morgan fingerprint density at radius 2 is 1.85 bits per heavy atom. The van der Waals surface area contributed by atoms with Gasteiger partial charge in [-0.3, -0.25) is 9.59 Å². The first kappa shape index (κ1) is 14.6. The Hall–Kier alpha value is -1.84. The predicted octanol–water partition coefficient (Wildman–Crippen LogP) is 2.34. The van der Waals surface area contributed by atoms with Gasteiger partial charge < -0.3 is 10.4 Å². The van der Waals surface area contributed by atoms with Crippen LogP contribution in [-0.4, -0.2) is 23.5 Å². The van der Waals surface area contributed by atoms with Crippen molar-refractivity contribution in [3.63, 3.8) is 0 Å². The number of hydrogen-bond acceptors (Lipinski definition) is 2. The zero-order chi connectivity index (χ0) is 14.8. The van der Waals surface area contributed by atoms with Crippen LogP contribution in [0.15, 0.2) is 30.3 Å². The van der Waals surface area contributed by atoms with Crippen molar-refractivity contribution in [2.45, 2.75) is 38.5 Å². The fourth-order valence-electron chi connectivity index (χ4n) is 2.34. The molecule has 1 aromatic rings. The highest BCUT2D eigenvalue weighted by atomic mass is 16.4. The van der Waals surface area contributed by atoms with Crippen LogP contribution < -0.4 is 5.32 Å². The summed E-state index contributed by atoms with van der Waals surface area (Å²) in [7, 11) is 0. The van der Waals surface area contributed by atoms with E-state index in [2.05, 4.69) is 5.32 Å². The van der Waals surface area contributed by atoms with E-state index in [-0.39, 0.29) is 17.9 Å². The number of carboxylic acids is 1. The molecule has 1 aliphatic rings. The first-order valence-electron chi connectivity index (χ1n) is 6.91. The zero-order valence-electron chi connectivity index (χ0n) is 12.0. The number of amides is 1. The minimum Gasteiger partial charge on any atom is -0.481 e. The second kappa shape index (κ2) is 5.27. The van der Waals surface area contributed by atoms with Crippen LogP contribution >= 0.6 is 0 Å². The van der Waals surface area contributed by atoms with Gasteiger partial charge in [0, 0.05) is 13.0 Å². The number of carbonyl (C=O) groups is 2. The summed E-state index contributed by atoms with van der Waals surface area (Å²) in [4.78, 5) is 23.1. The average molecular weight is 275 g/mol. The molecule has 0 aromatic heterocycles.